The third-order valence-corrected chi connectivity index (χ3v) is 12.8. The maximum absolute atomic E-state index is 6.25. The van der Waals surface area contributed by atoms with Crippen LogP contribution in [0.2, 0.25) is 0 Å². The van der Waals surface area contributed by atoms with Crippen LogP contribution in [0.5, 0.6) is 0 Å². The lowest BCUT2D eigenvalue weighted by molar-refractivity contribution is 0.584. The van der Waals surface area contributed by atoms with Crippen LogP contribution in [0.15, 0.2) is 247 Å². The number of anilines is 5. The monoisotopic (exact) mass is 872 g/mol. The number of nitrogens with zero attached hydrogens (tertiary/aromatic N) is 4. The SMILES string of the molecule is C(=C\c1ccc2cc(-c3nnc(-c4ccc(N(c5ccccc5)c5ccccc5)cc4)o3)ccc2c1)/c1ccc2cc(CN(c3ccc4ccccc4c3)c3ccc4ccccc4c3)ccc2c1. The first kappa shape index (κ1) is 40.4. The highest BCUT2D eigenvalue weighted by Crippen LogP contribution is 2.37. The molecule has 1 heterocycles. The summed E-state index contributed by atoms with van der Waals surface area (Å²) >= 11 is 0. The number of benzene rings is 11. The highest BCUT2D eigenvalue weighted by atomic mass is 16.4. The molecule has 0 spiro atoms. The minimum absolute atomic E-state index is 0.479. The minimum Gasteiger partial charge on any atom is -0.416 e. The summed E-state index contributed by atoms with van der Waals surface area (Å²) < 4.78 is 6.25. The summed E-state index contributed by atoms with van der Waals surface area (Å²) in [6.45, 7) is 0.743. The number of hydrogen-bond acceptors (Lipinski definition) is 5. The van der Waals surface area contributed by atoms with Gasteiger partial charge in [0, 0.05) is 46.1 Å². The van der Waals surface area contributed by atoms with Crippen molar-refractivity contribution in [2.75, 3.05) is 9.80 Å². The van der Waals surface area contributed by atoms with E-state index in [0.29, 0.717) is 11.8 Å². The molecule has 12 rings (SSSR count). The maximum atomic E-state index is 6.25. The first-order chi connectivity index (χ1) is 33.6. The van der Waals surface area contributed by atoms with Crippen molar-refractivity contribution in [3.8, 4) is 22.9 Å². The molecule has 0 N–H and O–H groups in total. The molecule has 0 saturated carbocycles. The summed E-state index contributed by atoms with van der Waals surface area (Å²) in [5.41, 5.74) is 10.8. The van der Waals surface area contributed by atoms with E-state index in [2.05, 4.69) is 244 Å². The van der Waals surface area contributed by atoms with E-state index in [9.17, 15) is 0 Å². The molecule has 0 saturated heterocycles. The first-order valence-electron chi connectivity index (χ1n) is 23.0. The number of aromatic nitrogens is 2. The Morgan fingerprint density at radius 2 is 0.735 bits per heavy atom. The zero-order chi connectivity index (χ0) is 45.2. The molecule has 1 aromatic heterocycles. The summed E-state index contributed by atoms with van der Waals surface area (Å²) in [5, 5.41) is 18.5. The van der Waals surface area contributed by atoms with Gasteiger partial charge in [0.25, 0.3) is 0 Å². The average Bonchev–Trinajstić information content (AvgIpc) is 3.91. The van der Waals surface area contributed by atoms with Crippen molar-refractivity contribution in [1.82, 2.24) is 10.2 Å². The Hall–Kier alpha value is -9.06. The number of rotatable bonds is 11. The van der Waals surface area contributed by atoms with Gasteiger partial charge in [-0.2, -0.15) is 0 Å². The zero-order valence-electron chi connectivity index (χ0n) is 37.2. The fourth-order valence-corrected chi connectivity index (χ4v) is 9.22. The molecule has 0 aliphatic carbocycles. The highest BCUT2D eigenvalue weighted by molar-refractivity contribution is 5.92. The van der Waals surface area contributed by atoms with E-state index >= 15 is 0 Å². The van der Waals surface area contributed by atoms with Gasteiger partial charge in [0.2, 0.25) is 11.8 Å². The second-order valence-electron chi connectivity index (χ2n) is 17.2. The van der Waals surface area contributed by atoms with Crippen LogP contribution >= 0.6 is 0 Å². The van der Waals surface area contributed by atoms with Crippen molar-refractivity contribution in [3.63, 3.8) is 0 Å². The second-order valence-corrected chi connectivity index (χ2v) is 17.2. The van der Waals surface area contributed by atoms with E-state index in [0.717, 1.165) is 56.6 Å². The Morgan fingerprint density at radius 1 is 0.324 bits per heavy atom. The Balaban J connectivity index is 0.747. The van der Waals surface area contributed by atoms with Gasteiger partial charge in [-0.25, -0.2) is 0 Å². The molecule has 0 unspecified atom stereocenters. The van der Waals surface area contributed by atoms with E-state index in [1.165, 1.54) is 49.3 Å². The van der Waals surface area contributed by atoms with Gasteiger partial charge in [-0.1, -0.05) is 152 Å². The van der Waals surface area contributed by atoms with Crippen molar-refractivity contribution >= 4 is 83.7 Å². The molecular weight excluding hydrogens is 829 g/mol. The fourth-order valence-electron chi connectivity index (χ4n) is 9.22. The van der Waals surface area contributed by atoms with Crippen LogP contribution in [0.25, 0.3) is 78.2 Å². The van der Waals surface area contributed by atoms with E-state index < -0.39 is 0 Å². The molecule has 5 nitrogen and oxygen atoms in total. The lowest BCUT2D eigenvalue weighted by Gasteiger charge is -2.26. The van der Waals surface area contributed by atoms with E-state index in [4.69, 9.17) is 4.42 Å². The van der Waals surface area contributed by atoms with Crippen LogP contribution in [-0.4, -0.2) is 10.2 Å². The molecule has 0 atom stereocenters. The second kappa shape index (κ2) is 17.7. The van der Waals surface area contributed by atoms with Crippen LogP contribution in [0.4, 0.5) is 28.4 Å². The Kier molecular flexibility index (Phi) is 10.5. The van der Waals surface area contributed by atoms with E-state index in [-0.39, 0.29) is 0 Å². The quantitative estimate of drug-likeness (QED) is 0.121. The van der Waals surface area contributed by atoms with Crippen LogP contribution < -0.4 is 9.80 Å². The van der Waals surface area contributed by atoms with Crippen LogP contribution in [0.1, 0.15) is 16.7 Å². The molecule has 322 valence electrons. The molecule has 0 aliphatic heterocycles. The van der Waals surface area contributed by atoms with E-state index in [1.807, 2.05) is 30.3 Å². The van der Waals surface area contributed by atoms with Crippen LogP contribution in [0.3, 0.4) is 0 Å². The van der Waals surface area contributed by atoms with Crippen molar-refractivity contribution in [2.45, 2.75) is 6.54 Å². The Bertz CT molecular complexity index is 3670. The Labute approximate surface area is 395 Å². The molecular formula is C63H44N4O. The summed E-state index contributed by atoms with van der Waals surface area (Å²) in [7, 11) is 0. The van der Waals surface area contributed by atoms with E-state index in [1.54, 1.807) is 0 Å². The van der Waals surface area contributed by atoms with Gasteiger partial charge in [0.05, 0.1) is 0 Å². The summed E-state index contributed by atoms with van der Waals surface area (Å²) in [6.07, 6.45) is 4.37. The first-order valence-corrected chi connectivity index (χ1v) is 23.0. The smallest absolute Gasteiger partial charge is 0.248 e. The lowest BCUT2D eigenvalue weighted by Crippen LogP contribution is -2.16. The van der Waals surface area contributed by atoms with Gasteiger partial charge in [-0.05, 0) is 163 Å². The number of hydrogen-bond donors (Lipinski definition) is 0. The zero-order valence-corrected chi connectivity index (χ0v) is 37.2. The molecule has 5 heteroatoms. The van der Waals surface area contributed by atoms with Gasteiger partial charge in [0.15, 0.2) is 0 Å². The molecule has 0 amide bonds. The average molecular weight is 873 g/mol. The fraction of sp³-hybridized carbons (Fsp3) is 0.0159. The van der Waals surface area contributed by atoms with Gasteiger partial charge in [0.1, 0.15) is 0 Å². The van der Waals surface area contributed by atoms with Gasteiger partial charge >= 0.3 is 0 Å². The van der Waals surface area contributed by atoms with Crippen LogP contribution in [0, 0.1) is 0 Å². The topological polar surface area (TPSA) is 45.4 Å². The molecule has 0 bridgehead atoms. The summed E-state index contributed by atoms with van der Waals surface area (Å²) in [6, 6.07) is 86.0. The summed E-state index contributed by atoms with van der Waals surface area (Å²) in [4.78, 5) is 4.66. The van der Waals surface area contributed by atoms with Gasteiger partial charge in [-0.3, -0.25) is 0 Å². The van der Waals surface area contributed by atoms with Crippen molar-refractivity contribution in [2.24, 2.45) is 0 Å². The van der Waals surface area contributed by atoms with Gasteiger partial charge < -0.3 is 14.2 Å². The summed E-state index contributed by atoms with van der Waals surface area (Å²) in [5.74, 6) is 0.966. The lowest BCUT2D eigenvalue weighted by atomic mass is 10.0. The van der Waals surface area contributed by atoms with Crippen molar-refractivity contribution in [3.05, 3.63) is 259 Å². The largest absolute Gasteiger partial charge is 0.416 e. The predicted molar refractivity (Wildman–Crippen MR) is 284 cm³/mol. The third-order valence-electron chi connectivity index (χ3n) is 12.8. The highest BCUT2D eigenvalue weighted by Gasteiger charge is 2.16. The van der Waals surface area contributed by atoms with Gasteiger partial charge in [-0.15, -0.1) is 10.2 Å². The molecule has 11 aromatic carbocycles. The third kappa shape index (κ3) is 8.25. The molecule has 68 heavy (non-hydrogen) atoms. The molecule has 0 radical (unpaired) electrons. The minimum atomic E-state index is 0.479. The molecule has 0 fully saturated rings. The van der Waals surface area contributed by atoms with Crippen molar-refractivity contribution < 1.29 is 4.42 Å². The predicted octanol–water partition coefficient (Wildman–Crippen LogP) is 17.0. The van der Waals surface area contributed by atoms with Crippen molar-refractivity contribution in [1.29, 1.82) is 0 Å². The molecule has 0 aliphatic rings. The number of fused-ring (bicyclic) bond motifs is 4. The Morgan fingerprint density at radius 3 is 1.32 bits per heavy atom. The molecule has 12 aromatic rings. The standard InChI is InChI=1S/C63H44N4O/c1-3-15-57(16-4-1)67(58-17-5-2-6-18-58)59-33-31-49(32-34-59)62-64-65-63(68-62)56-28-27-54-38-45(22-25-55(54)40-56)20-19-44-21-24-53-39-46(23-26-52(53)37-44)43-66(60-35-29-47-11-7-9-13-50(47)41-60)61-36-30-48-12-8-10-14-51(48)42-61/h1-42H,43H2/b20-19+. The van der Waals surface area contributed by atoms with Crippen LogP contribution in [-0.2, 0) is 6.54 Å². The normalized spacial score (nSPS) is 11.5. The maximum Gasteiger partial charge on any atom is 0.248 e. The number of para-hydroxylation sites is 2.